The number of carbonyl (C=O) groups is 1. The molecule has 158 valence electrons. The number of hydrogen-bond acceptors (Lipinski definition) is 3. The van der Waals surface area contributed by atoms with Gasteiger partial charge in [0, 0.05) is 0 Å². The van der Waals surface area contributed by atoms with Gasteiger partial charge in [-0.15, -0.1) is 0 Å². The Morgan fingerprint density at radius 2 is 1.59 bits per heavy atom. The lowest BCUT2D eigenvalue weighted by Gasteiger charge is -2.24. The third kappa shape index (κ3) is 8.15. The average molecular weight is 397 g/mol. The zero-order valence-electron chi connectivity index (χ0n) is 18.9. The fourth-order valence-corrected chi connectivity index (χ4v) is 2.22. The van der Waals surface area contributed by atoms with Crippen molar-refractivity contribution < 1.29 is 14.3 Å². The molecule has 0 atom stereocenters. The van der Waals surface area contributed by atoms with E-state index in [4.69, 9.17) is 9.47 Å². The first-order valence-corrected chi connectivity index (χ1v) is 10.2. The predicted octanol–water partition coefficient (Wildman–Crippen LogP) is 6.96. The van der Waals surface area contributed by atoms with Crippen LogP contribution in [0.5, 0.6) is 5.75 Å². The molecule has 1 rings (SSSR count). The molecule has 1 aromatic rings. The number of ether oxygens (including phenoxy) is 2. The van der Waals surface area contributed by atoms with E-state index in [-0.39, 0.29) is 11.6 Å². The van der Waals surface area contributed by atoms with E-state index in [0.717, 1.165) is 29.7 Å². The van der Waals surface area contributed by atoms with Crippen molar-refractivity contribution in [1.29, 1.82) is 0 Å². The van der Waals surface area contributed by atoms with Crippen molar-refractivity contribution in [3.63, 3.8) is 0 Å². The number of benzene rings is 1. The summed E-state index contributed by atoms with van der Waals surface area (Å²) in [5, 5.41) is 0. The normalized spacial score (nSPS) is 13.0. The molecule has 29 heavy (non-hydrogen) atoms. The summed E-state index contributed by atoms with van der Waals surface area (Å²) in [4.78, 5) is 12.3. The minimum atomic E-state index is -0.525. The molecular weight excluding hydrogens is 360 g/mol. The predicted molar refractivity (Wildman–Crippen MR) is 122 cm³/mol. The van der Waals surface area contributed by atoms with Crippen LogP contribution in [0.15, 0.2) is 73.1 Å². The lowest BCUT2D eigenvalue weighted by molar-refractivity contribution is -0.149. The van der Waals surface area contributed by atoms with Crippen LogP contribution in [0.1, 0.15) is 59.9 Å². The number of carbonyl (C=O) groups excluding carboxylic acids is 1. The van der Waals surface area contributed by atoms with Crippen LogP contribution >= 0.6 is 0 Å². The Morgan fingerprint density at radius 1 is 0.966 bits per heavy atom. The second-order valence-electron chi connectivity index (χ2n) is 8.38. The van der Waals surface area contributed by atoms with Gasteiger partial charge in [0.05, 0.1) is 5.41 Å². The summed E-state index contributed by atoms with van der Waals surface area (Å²) >= 11 is 0. The maximum atomic E-state index is 12.3. The Balaban J connectivity index is 2.87. The smallest absolute Gasteiger partial charge is 0.316 e. The minimum absolute atomic E-state index is 0.177. The summed E-state index contributed by atoms with van der Waals surface area (Å²) in [6.07, 6.45) is 9.38. The van der Waals surface area contributed by atoms with Gasteiger partial charge in [-0.05, 0) is 82.4 Å². The van der Waals surface area contributed by atoms with Gasteiger partial charge in [0.15, 0.2) is 0 Å². The molecule has 0 heterocycles. The van der Waals surface area contributed by atoms with Crippen molar-refractivity contribution in [2.75, 3.05) is 0 Å². The molecule has 0 saturated heterocycles. The van der Waals surface area contributed by atoms with Crippen molar-refractivity contribution >= 4 is 5.97 Å². The quantitative estimate of drug-likeness (QED) is 0.230. The summed E-state index contributed by atoms with van der Waals surface area (Å²) in [5.74, 6) is 1.04. The van der Waals surface area contributed by atoms with Crippen LogP contribution in [0.2, 0.25) is 0 Å². The molecule has 0 aliphatic carbocycles. The van der Waals surface area contributed by atoms with Crippen LogP contribution in [0.25, 0.3) is 0 Å². The van der Waals surface area contributed by atoms with Gasteiger partial charge in [0.25, 0.3) is 0 Å². The number of rotatable bonds is 11. The fourth-order valence-electron chi connectivity index (χ4n) is 2.22. The molecule has 1 aromatic carbocycles. The van der Waals surface area contributed by atoms with Crippen molar-refractivity contribution in [3.8, 4) is 5.75 Å². The van der Waals surface area contributed by atoms with Gasteiger partial charge >= 0.3 is 5.97 Å². The standard InChI is InChI=1S/C26H36O3/c1-9-20(13-16-22(10-2)28-24(27)25(5,6)11-3)19-21-14-17-23(18-15-21)29-26(7,8)12-4/h9-10,13-18H,1-2,11-12,19H2,3-8H3/b20-13+,22-16+. The molecule has 3 heteroatoms. The Labute approximate surface area is 176 Å². The molecule has 0 N–H and O–H groups in total. The molecule has 0 amide bonds. The molecule has 0 aliphatic rings. The maximum Gasteiger partial charge on any atom is 0.316 e. The van der Waals surface area contributed by atoms with Crippen LogP contribution in [0.4, 0.5) is 0 Å². The van der Waals surface area contributed by atoms with Crippen molar-refractivity contribution in [2.24, 2.45) is 5.41 Å². The SMILES string of the molecule is C=C/C(=C\C=C(/C=C)OC(=O)C(C)(C)CC)Cc1ccc(OC(C)(C)CC)cc1. The highest BCUT2D eigenvalue weighted by molar-refractivity contribution is 5.77. The Kier molecular flexibility index (Phi) is 9.16. The van der Waals surface area contributed by atoms with E-state index in [1.165, 1.54) is 0 Å². The van der Waals surface area contributed by atoms with Crippen molar-refractivity contribution in [2.45, 2.75) is 66.4 Å². The van der Waals surface area contributed by atoms with Gasteiger partial charge in [-0.1, -0.05) is 51.3 Å². The van der Waals surface area contributed by atoms with Gasteiger partial charge in [-0.2, -0.15) is 0 Å². The average Bonchev–Trinajstić information content (AvgIpc) is 2.70. The summed E-state index contributed by atoms with van der Waals surface area (Å²) < 4.78 is 11.5. The highest BCUT2D eigenvalue weighted by atomic mass is 16.5. The lowest BCUT2D eigenvalue weighted by atomic mass is 9.91. The third-order valence-corrected chi connectivity index (χ3v) is 5.15. The zero-order valence-corrected chi connectivity index (χ0v) is 18.9. The highest BCUT2D eigenvalue weighted by Gasteiger charge is 2.27. The van der Waals surface area contributed by atoms with Gasteiger partial charge < -0.3 is 9.47 Å². The monoisotopic (exact) mass is 396 g/mol. The molecule has 3 nitrogen and oxygen atoms in total. The molecule has 0 aliphatic heterocycles. The van der Waals surface area contributed by atoms with Crippen molar-refractivity contribution in [3.05, 3.63) is 78.6 Å². The topological polar surface area (TPSA) is 35.5 Å². The minimum Gasteiger partial charge on any atom is -0.488 e. The highest BCUT2D eigenvalue weighted by Crippen LogP contribution is 2.24. The Hall–Kier alpha value is -2.55. The zero-order chi connectivity index (χ0) is 22.1. The number of hydrogen-bond donors (Lipinski definition) is 0. The Morgan fingerprint density at radius 3 is 2.07 bits per heavy atom. The second kappa shape index (κ2) is 10.8. The van der Waals surface area contributed by atoms with E-state index in [0.29, 0.717) is 12.2 Å². The molecule has 0 aromatic heterocycles. The molecule has 0 fully saturated rings. The molecule has 0 saturated carbocycles. The van der Waals surface area contributed by atoms with Gasteiger partial charge in [0.1, 0.15) is 17.1 Å². The number of allylic oxidation sites excluding steroid dienone is 5. The van der Waals surface area contributed by atoms with Crippen LogP contribution in [-0.2, 0) is 16.0 Å². The summed E-state index contributed by atoms with van der Waals surface area (Å²) in [5.41, 5.74) is 1.46. The van der Waals surface area contributed by atoms with Crippen LogP contribution < -0.4 is 4.74 Å². The van der Waals surface area contributed by atoms with E-state index >= 15 is 0 Å². The van der Waals surface area contributed by atoms with Gasteiger partial charge in [-0.25, -0.2) is 0 Å². The molecule has 0 spiro atoms. The first-order valence-electron chi connectivity index (χ1n) is 10.2. The van der Waals surface area contributed by atoms with E-state index in [9.17, 15) is 4.79 Å². The van der Waals surface area contributed by atoms with Crippen LogP contribution in [0, 0.1) is 5.41 Å². The molecule has 0 bridgehead atoms. The van der Waals surface area contributed by atoms with Crippen molar-refractivity contribution in [1.82, 2.24) is 0 Å². The second-order valence-corrected chi connectivity index (χ2v) is 8.38. The largest absolute Gasteiger partial charge is 0.488 e. The van der Waals surface area contributed by atoms with Gasteiger partial charge in [0.2, 0.25) is 0 Å². The Bertz CT molecular complexity index is 762. The van der Waals surface area contributed by atoms with E-state index in [2.05, 4.69) is 46.1 Å². The fraction of sp³-hybridized carbons (Fsp3) is 0.423. The molecule has 0 unspecified atom stereocenters. The van der Waals surface area contributed by atoms with Gasteiger partial charge in [-0.3, -0.25) is 4.79 Å². The summed E-state index contributed by atoms with van der Waals surface area (Å²) in [7, 11) is 0. The summed E-state index contributed by atoms with van der Waals surface area (Å²) in [6.45, 7) is 19.6. The maximum absolute atomic E-state index is 12.3. The molecule has 0 radical (unpaired) electrons. The third-order valence-electron chi connectivity index (χ3n) is 5.15. The molecular formula is C26H36O3. The first kappa shape index (κ1) is 24.5. The summed E-state index contributed by atoms with van der Waals surface area (Å²) in [6, 6.07) is 8.10. The number of esters is 1. The van der Waals surface area contributed by atoms with E-state index < -0.39 is 5.41 Å². The first-order chi connectivity index (χ1) is 13.6. The lowest BCUT2D eigenvalue weighted by Crippen LogP contribution is -2.26. The van der Waals surface area contributed by atoms with E-state index in [1.54, 1.807) is 18.2 Å². The van der Waals surface area contributed by atoms with E-state index in [1.807, 2.05) is 39.0 Å². The van der Waals surface area contributed by atoms with Crippen LogP contribution in [-0.4, -0.2) is 11.6 Å². The van der Waals surface area contributed by atoms with Crippen LogP contribution in [0.3, 0.4) is 0 Å².